The minimum atomic E-state index is -1.27. The zero-order chi connectivity index (χ0) is 36.2. The van der Waals surface area contributed by atoms with Gasteiger partial charge in [-0.05, 0) is 38.9 Å². The van der Waals surface area contributed by atoms with Crippen LogP contribution in [-0.2, 0) is 40.0 Å². The third-order valence-electron chi connectivity index (χ3n) is 7.83. The fourth-order valence-corrected chi connectivity index (χ4v) is 5.48. The van der Waals surface area contributed by atoms with Crippen molar-refractivity contribution in [1.82, 2.24) is 10.2 Å². The lowest BCUT2D eigenvalue weighted by molar-refractivity contribution is -0.384. The van der Waals surface area contributed by atoms with Gasteiger partial charge in [0.05, 0.1) is 34.3 Å². The number of nitro groups is 1. The first-order chi connectivity index (χ1) is 22.5. The van der Waals surface area contributed by atoms with Crippen LogP contribution in [0.5, 0.6) is 0 Å². The molecule has 0 aliphatic carbocycles. The summed E-state index contributed by atoms with van der Waals surface area (Å²) >= 11 is 0. The van der Waals surface area contributed by atoms with Crippen LogP contribution in [0.3, 0.4) is 0 Å². The van der Waals surface area contributed by atoms with Gasteiger partial charge in [-0.15, -0.1) is 0 Å². The van der Waals surface area contributed by atoms with Crippen LogP contribution in [0.4, 0.5) is 5.69 Å². The smallest absolute Gasteiger partial charge is 0.336 e. The molecule has 1 aliphatic rings. The molecule has 1 heterocycles. The van der Waals surface area contributed by atoms with Crippen LogP contribution in [0.25, 0.3) is 0 Å². The minimum Gasteiger partial charge on any atom is -0.481 e. The van der Waals surface area contributed by atoms with Gasteiger partial charge in [-0.2, -0.15) is 0 Å². The van der Waals surface area contributed by atoms with E-state index in [1.54, 1.807) is 19.9 Å². The van der Waals surface area contributed by atoms with Crippen molar-refractivity contribution >= 4 is 35.5 Å². The molecule has 2 aromatic rings. The predicted molar refractivity (Wildman–Crippen MR) is 171 cm³/mol. The second-order valence-electron chi connectivity index (χ2n) is 11.0. The number of aliphatic carboxylic acids is 3. The molecule has 0 aromatic heterocycles. The molecule has 15 nitrogen and oxygen atoms in total. The van der Waals surface area contributed by atoms with Gasteiger partial charge in [0.1, 0.15) is 6.61 Å². The van der Waals surface area contributed by atoms with Crippen molar-refractivity contribution in [2.24, 2.45) is 5.92 Å². The molecule has 4 unspecified atom stereocenters. The first kappa shape index (κ1) is 38.6. The second kappa shape index (κ2) is 17.4. The van der Waals surface area contributed by atoms with Crippen LogP contribution >= 0.6 is 0 Å². The van der Waals surface area contributed by atoms with Crippen LogP contribution in [0, 0.1) is 16.0 Å². The van der Waals surface area contributed by atoms with Gasteiger partial charge >= 0.3 is 29.8 Å². The summed E-state index contributed by atoms with van der Waals surface area (Å²) in [5.41, 5.74) is -0.0786. The molecular weight excluding hydrogens is 630 g/mol. The van der Waals surface area contributed by atoms with Crippen molar-refractivity contribution in [2.75, 3.05) is 20.3 Å². The summed E-state index contributed by atoms with van der Waals surface area (Å²) in [5.74, 6) is -7.54. The monoisotopic (exact) mass is 669 g/mol. The Balaban J connectivity index is 0.000000886. The van der Waals surface area contributed by atoms with E-state index in [0.29, 0.717) is 18.7 Å². The van der Waals surface area contributed by atoms with E-state index in [1.807, 2.05) is 49.2 Å². The quantitative estimate of drug-likeness (QED) is 0.104. The van der Waals surface area contributed by atoms with Crippen LogP contribution < -0.4 is 5.32 Å². The van der Waals surface area contributed by atoms with Crippen molar-refractivity contribution < 1.29 is 53.7 Å². The first-order valence-corrected chi connectivity index (χ1v) is 14.7. The van der Waals surface area contributed by atoms with Gasteiger partial charge in [-0.1, -0.05) is 42.5 Å². The van der Waals surface area contributed by atoms with Gasteiger partial charge in [0, 0.05) is 49.7 Å². The Kier molecular flexibility index (Phi) is 14.0. The Bertz CT molecular complexity index is 1560. The molecule has 4 atom stereocenters. The highest BCUT2D eigenvalue weighted by Gasteiger charge is 2.55. The topological polar surface area (TPSA) is 223 Å². The maximum atomic E-state index is 13.4. The number of nitrogens with zero attached hydrogens (tertiary/aromatic N) is 2. The molecule has 4 N–H and O–H groups in total. The number of nitrogens with one attached hydrogen (secondary N) is 1. The Morgan fingerprint density at radius 1 is 1.02 bits per heavy atom. The summed E-state index contributed by atoms with van der Waals surface area (Å²) in [4.78, 5) is 70.4. The number of carboxylic acids is 3. The molecule has 0 fully saturated rings. The molecule has 0 saturated carbocycles. The summed E-state index contributed by atoms with van der Waals surface area (Å²) < 4.78 is 10.6. The molecule has 3 rings (SSSR count). The molecule has 0 bridgehead atoms. The average Bonchev–Trinajstić information content (AvgIpc) is 3.02. The van der Waals surface area contributed by atoms with Gasteiger partial charge in [0.25, 0.3) is 5.69 Å². The molecule has 15 heteroatoms. The van der Waals surface area contributed by atoms with E-state index in [4.69, 9.17) is 19.7 Å². The van der Waals surface area contributed by atoms with E-state index in [1.165, 1.54) is 25.1 Å². The summed E-state index contributed by atoms with van der Waals surface area (Å²) in [7, 11) is 1.86. The highest BCUT2D eigenvalue weighted by molar-refractivity contribution is 5.94. The van der Waals surface area contributed by atoms with Crippen molar-refractivity contribution in [3.63, 3.8) is 0 Å². The van der Waals surface area contributed by atoms with E-state index in [-0.39, 0.29) is 35.7 Å². The van der Waals surface area contributed by atoms with Crippen molar-refractivity contribution in [1.29, 1.82) is 0 Å². The second-order valence-corrected chi connectivity index (χ2v) is 11.0. The summed E-state index contributed by atoms with van der Waals surface area (Å²) in [6.45, 7) is 6.61. The largest absolute Gasteiger partial charge is 0.481 e. The molecule has 0 saturated heterocycles. The number of carbonyl (C=O) groups excluding carboxylic acids is 2. The minimum absolute atomic E-state index is 0.00998. The van der Waals surface area contributed by atoms with Gasteiger partial charge in [0.2, 0.25) is 0 Å². The van der Waals surface area contributed by atoms with Crippen molar-refractivity contribution in [2.45, 2.75) is 51.7 Å². The van der Waals surface area contributed by atoms with Crippen molar-refractivity contribution in [3.8, 4) is 0 Å². The van der Waals surface area contributed by atoms with Crippen LogP contribution in [-0.4, -0.2) is 86.8 Å². The molecule has 0 radical (unpaired) electrons. The number of hydrogen-bond donors (Lipinski definition) is 4. The Hall–Kier alpha value is -5.57. The summed E-state index contributed by atoms with van der Waals surface area (Å²) in [5, 5.41) is 41.2. The van der Waals surface area contributed by atoms with Gasteiger partial charge in [-0.25, -0.2) is 14.4 Å². The van der Waals surface area contributed by atoms with Gasteiger partial charge < -0.3 is 30.1 Å². The fraction of sp³-hybridized carbons (Fsp3) is 0.364. The molecule has 0 spiro atoms. The molecule has 258 valence electrons. The predicted octanol–water partition coefficient (Wildman–Crippen LogP) is 3.35. The lowest BCUT2D eigenvalue weighted by atomic mass is 9.64. The Morgan fingerprint density at radius 3 is 2.12 bits per heavy atom. The van der Waals surface area contributed by atoms with E-state index in [9.17, 15) is 39.2 Å². The number of esters is 2. The van der Waals surface area contributed by atoms with Crippen molar-refractivity contribution in [3.05, 3.63) is 99.3 Å². The molecule has 48 heavy (non-hydrogen) atoms. The van der Waals surface area contributed by atoms with E-state index >= 15 is 0 Å². The number of ether oxygens (including phenoxy) is 2. The van der Waals surface area contributed by atoms with Crippen LogP contribution in [0.15, 0.2) is 78.0 Å². The zero-order valence-electron chi connectivity index (χ0n) is 27.1. The van der Waals surface area contributed by atoms with E-state index < -0.39 is 58.2 Å². The lowest BCUT2D eigenvalue weighted by Crippen LogP contribution is -2.66. The average molecular weight is 670 g/mol. The van der Waals surface area contributed by atoms with Crippen LogP contribution in [0.1, 0.15) is 44.7 Å². The van der Waals surface area contributed by atoms with E-state index in [2.05, 4.69) is 5.32 Å². The number of rotatable bonds is 13. The highest BCUT2D eigenvalue weighted by atomic mass is 16.6. The fourth-order valence-electron chi connectivity index (χ4n) is 5.48. The highest BCUT2D eigenvalue weighted by Crippen LogP contribution is 2.46. The maximum absolute atomic E-state index is 13.4. The van der Waals surface area contributed by atoms with Gasteiger partial charge in [-0.3, -0.25) is 24.6 Å². The number of carbonyl (C=O) groups is 5. The number of non-ortho nitro benzene ring substituents is 1. The SMILES string of the molecule is CCOC(=O)C1=C(COC(C)=O)NC(C)(C(C)N(C)Cc2ccccc2)C(C(=O)O)C1c1cccc([N+](=O)[O-])c1.O=C(O)/C=C\C(=O)O. The lowest BCUT2D eigenvalue weighted by Gasteiger charge is -2.51. The summed E-state index contributed by atoms with van der Waals surface area (Å²) in [6, 6.07) is 14.8. The Morgan fingerprint density at radius 2 is 1.62 bits per heavy atom. The molecule has 0 amide bonds. The third kappa shape index (κ3) is 10.2. The van der Waals surface area contributed by atoms with Crippen LogP contribution in [0.2, 0.25) is 0 Å². The Labute approximate surface area is 276 Å². The first-order valence-electron chi connectivity index (χ1n) is 14.7. The number of likely N-dealkylation sites (N-methyl/N-ethyl adjacent to an activating group) is 1. The number of hydrogen-bond acceptors (Lipinski definition) is 11. The molecule has 2 aromatic carbocycles. The zero-order valence-corrected chi connectivity index (χ0v) is 27.1. The number of nitro benzene ring substituents is 1. The summed E-state index contributed by atoms with van der Waals surface area (Å²) in [6.07, 6.45) is 1.12. The molecular formula is C33H39N3O12. The third-order valence-corrected chi connectivity index (χ3v) is 7.83. The normalized spacial score (nSPS) is 19.4. The molecule has 1 aliphatic heterocycles. The van der Waals surface area contributed by atoms with Gasteiger partial charge in [0.15, 0.2) is 0 Å². The van der Waals surface area contributed by atoms with E-state index in [0.717, 1.165) is 5.56 Å². The number of carboxylic acid groups (broad SMARTS) is 3. The number of benzene rings is 2. The standard InChI is InChI=1S/C29H35N3O8.C4H4O4/c1-6-39-28(36)25-23(17-40-19(3)33)30-29(4,18(2)31(5)16-20-11-8-7-9-12-20)26(27(34)35)24(25)21-13-10-14-22(15-21)32(37)38;5-3(6)1-2-4(7)8/h7-15,18,24,26,30H,6,16-17H2,1-5H3,(H,34,35);1-2H,(H,5,6)(H,7,8)/b;2-1-. The maximum Gasteiger partial charge on any atom is 0.336 e.